The Hall–Kier alpha value is -0.920. The van der Waals surface area contributed by atoms with Crippen LogP contribution in [0.1, 0.15) is 30.4 Å². The first-order valence-electron chi connectivity index (χ1n) is 5.17. The average molecular weight is 194 g/mol. The van der Waals surface area contributed by atoms with Crippen LogP contribution >= 0.6 is 0 Å². The zero-order valence-corrected chi connectivity index (χ0v) is 8.06. The van der Waals surface area contributed by atoms with E-state index in [4.69, 9.17) is 0 Å². The Kier molecular flexibility index (Phi) is 1.53. The molecule has 74 valence electrons. The van der Waals surface area contributed by atoms with E-state index >= 15 is 0 Å². The van der Waals surface area contributed by atoms with E-state index in [1.165, 1.54) is 12.1 Å². The lowest BCUT2D eigenvalue weighted by atomic mass is 9.91. The van der Waals surface area contributed by atoms with E-state index in [9.17, 15) is 8.78 Å². The molecule has 3 atom stereocenters. The lowest BCUT2D eigenvalue weighted by molar-refractivity contribution is 0.538. The Labute approximate surface area is 81.9 Å². The molecule has 3 rings (SSSR count). The van der Waals surface area contributed by atoms with Crippen molar-refractivity contribution in [2.45, 2.75) is 25.7 Å². The third-order valence-electron chi connectivity index (χ3n) is 3.87. The van der Waals surface area contributed by atoms with Gasteiger partial charge < -0.3 is 0 Å². The molecule has 3 unspecified atom stereocenters. The molecule has 0 N–H and O–H groups in total. The van der Waals surface area contributed by atoms with E-state index in [2.05, 4.69) is 6.92 Å². The fourth-order valence-electron chi connectivity index (χ4n) is 3.00. The van der Waals surface area contributed by atoms with Crippen molar-refractivity contribution < 1.29 is 8.78 Å². The molecule has 0 bridgehead atoms. The van der Waals surface area contributed by atoms with Gasteiger partial charge in [0.15, 0.2) is 0 Å². The van der Waals surface area contributed by atoms with E-state index in [1.54, 1.807) is 0 Å². The number of halogens is 2. The van der Waals surface area contributed by atoms with Gasteiger partial charge in [0, 0.05) is 0 Å². The summed E-state index contributed by atoms with van der Waals surface area (Å²) < 4.78 is 26.9. The SMILES string of the molecule is CC1C2CCc3c(F)ccc(F)c3C12. The van der Waals surface area contributed by atoms with Crippen molar-refractivity contribution in [1.29, 1.82) is 0 Å². The Morgan fingerprint density at radius 3 is 2.71 bits per heavy atom. The highest BCUT2D eigenvalue weighted by Crippen LogP contribution is 2.60. The number of hydrogen-bond donors (Lipinski definition) is 0. The van der Waals surface area contributed by atoms with Gasteiger partial charge in [-0.05, 0) is 53.9 Å². The summed E-state index contributed by atoms with van der Waals surface area (Å²) in [5.74, 6) is 1.03. The van der Waals surface area contributed by atoms with Crippen molar-refractivity contribution in [1.82, 2.24) is 0 Å². The molecule has 0 amide bonds. The monoisotopic (exact) mass is 194 g/mol. The molecule has 0 radical (unpaired) electrons. The lowest BCUT2D eigenvalue weighted by Crippen LogP contribution is -2.06. The Bertz CT molecular complexity index is 398. The molecule has 0 saturated heterocycles. The van der Waals surface area contributed by atoms with Crippen LogP contribution in [0.15, 0.2) is 12.1 Å². The van der Waals surface area contributed by atoms with Gasteiger partial charge in [-0.25, -0.2) is 8.78 Å². The molecule has 1 fully saturated rings. The topological polar surface area (TPSA) is 0 Å². The maximum Gasteiger partial charge on any atom is 0.127 e. The van der Waals surface area contributed by atoms with Crippen molar-refractivity contribution in [2.24, 2.45) is 11.8 Å². The smallest absolute Gasteiger partial charge is 0.127 e. The molecule has 1 saturated carbocycles. The van der Waals surface area contributed by atoms with E-state index in [1.807, 2.05) is 0 Å². The highest BCUT2D eigenvalue weighted by molar-refractivity contribution is 5.40. The summed E-state index contributed by atoms with van der Waals surface area (Å²) in [6.45, 7) is 2.13. The summed E-state index contributed by atoms with van der Waals surface area (Å²) >= 11 is 0. The molecule has 1 aromatic carbocycles. The Morgan fingerprint density at radius 2 is 1.93 bits per heavy atom. The summed E-state index contributed by atoms with van der Waals surface area (Å²) in [5, 5.41) is 0. The highest BCUT2D eigenvalue weighted by Gasteiger charge is 2.51. The van der Waals surface area contributed by atoms with Gasteiger partial charge in [-0.15, -0.1) is 0 Å². The fraction of sp³-hybridized carbons (Fsp3) is 0.500. The predicted molar refractivity (Wildman–Crippen MR) is 50.1 cm³/mol. The molecular weight excluding hydrogens is 182 g/mol. The van der Waals surface area contributed by atoms with Gasteiger partial charge in [0.1, 0.15) is 11.6 Å². The van der Waals surface area contributed by atoms with Gasteiger partial charge >= 0.3 is 0 Å². The normalized spacial score (nSPS) is 33.5. The number of fused-ring (bicyclic) bond motifs is 3. The van der Waals surface area contributed by atoms with Crippen LogP contribution in [-0.4, -0.2) is 0 Å². The summed E-state index contributed by atoms with van der Waals surface area (Å²) in [5.41, 5.74) is 1.31. The first-order chi connectivity index (χ1) is 6.70. The van der Waals surface area contributed by atoms with Crippen molar-refractivity contribution in [3.63, 3.8) is 0 Å². The van der Waals surface area contributed by atoms with Gasteiger partial charge in [-0.1, -0.05) is 6.92 Å². The highest BCUT2D eigenvalue weighted by atomic mass is 19.1. The maximum atomic E-state index is 13.5. The molecule has 2 aliphatic carbocycles. The van der Waals surface area contributed by atoms with Crippen LogP contribution in [0, 0.1) is 23.5 Å². The summed E-state index contributed by atoms with van der Waals surface area (Å²) in [4.78, 5) is 0. The van der Waals surface area contributed by atoms with Crippen LogP contribution in [0.2, 0.25) is 0 Å². The second-order valence-corrected chi connectivity index (χ2v) is 4.51. The summed E-state index contributed by atoms with van der Waals surface area (Å²) in [7, 11) is 0. The molecule has 1 aromatic rings. The van der Waals surface area contributed by atoms with E-state index in [-0.39, 0.29) is 11.6 Å². The van der Waals surface area contributed by atoms with Gasteiger partial charge in [-0.3, -0.25) is 0 Å². The molecule has 0 aromatic heterocycles. The minimum absolute atomic E-state index is 0.208. The predicted octanol–water partition coefficient (Wildman–Crippen LogP) is 3.26. The number of benzene rings is 1. The van der Waals surface area contributed by atoms with Crippen LogP contribution in [-0.2, 0) is 6.42 Å². The maximum absolute atomic E-state index is 13.5. The summed E-state index contributed by atoms with van der Waals surface area (Å²) in [6.07, 6.45) is 1.74. The first kappa shape index (κ1) is 8.39. The van der Waals surface area contributed by atoms with E-state index < -0.39 is 0 Å². The average Bonchev–Trinajstić information content (AvgIpc) is 2.84. The number of hydrogen-bond acceptors (Lipinski definition) is 0. The van der Waals surface area contributed by atoms with Gasteiger partial charge in [0.25, 0.3) is 0 Å². The fourth-order valence-corrected chi connectivity index (χ4v) is 3.00. The van der Waals surface area contributed by atoms with Crippen LogP contribution in [0.25, 0.3) is 0 Å². The van der Waals surface area contributed by atoms with Crippen molar-refractivity contribution in [2.75, 3.05) is 0 Å². The molecule has 0 aliphatic heterocycles. The minimum Gasteiger partial charge on any atom is -0.207 e. The first-order valence-corrected chi connectivity index (χ1v) is 5.17. The van der Waals surface area contributed by atoms with Gasteiger partial charge in [-0.2, -0.15) is 0 Å². The van der Waals surface area contributed by atoms with Crippen LogP contribution in [0.4, 0.5) is 8.78 Å². The zero-order valence-electron chi connectivity index (χ0n) is 8.06. The van der Waals surface area contributed by atoms with Crippen molar-refractivity contribution in [3.05, 3.63) is 34.9 Å². The molecule has 2 aliphatic rings. The molecule has 0 spiro atoms. The van der Waals surface area contributed by atoms with Gasteiger partial charge in [0.2, 0.25) is 0 Å². The molecule has 0 nitrogen and oxygen atoms in total. The molecule has 0 heterocycles. The second kappa shape index (κ2) is 2.56. The van der Waals surface area contributed by atoms with Crippen LogP contribution in [0.3, 0.4) is 0 Å². The van der Waals surface area contributed by atoms with Crippen LogP contribution < -0.4 is 0 Å². The van der Waals surface area contributed by atoms with Crippen molar-refractivity contribution in [3.8, 4) is 0 Å². The van der Waals surface area contributed by atoms with E-state index in [0.717, 1.165) is 6.42 Å². The number of rotatable bonds is 0. The Morgan fingerprint density at radius 1 is 1.21 bits per heavy atom. The second-order valence-electron chi connectivity index (χ2n) is 4.51. The van der Waals surface area contributed by atoms with Crippen molar-refractivity contribution >= 4 is 0 Å². The van der Waals surface area contributed by atoms with Crippen LogP contribution in [0.5, 0.6) is 0 Å². The van der Waals surface area contributed by atoms with Gasteiger partial charge in [0.05, 0.1) is 0 Å². The molecule has 2 heteroatoms. The Balaban J connectivity index is 2.19. The lowest BCUT2D eigenvalue weighted by Gasteiger charge is -2.15. The largest absolute Gasteiger partial charge is 0.207 e. The standard InChI is InChI=1S/C12H12F2/c1-6-7-2-3-8-9(13)4-5-10(14)12(8)11(6)7/h4-7,11H,2-3H2,1H3. The molecule has 14 heavy (non-hydrogen) atoms. The third kappa shape index (κ3) is 0.915. The third-order valence-corrected chi connectivity index (χ3v) is 3.87. The zero-order chi connectivity index (χ0) is 9.87. The summed E-state index contributed by atoms with van der Waals surface area (Å²) in [6, 6.07) is 2.52. The minimum atomic E-state index is -0.223. The quantitative estimate of drug-likeness (QED) is 0.594. The molecular formula is C12H12F2. The van der Waals surface area contributed by atoms with E-state index in [0.29, 0.717) is 35.3 Å².